The number of carbonyl (C=O) groups excluding carboxylic acids is 2. The normalized spacial score (nSPS) is 16.9. The van der Waals surface area contributed by atoms with Crippen LogP contribution in [0.25, 0.3) is 0 Å². The van der Waals surface area contributed by atoms with E-state index in [1.54, 1.807) is 24.3 Å². The lowest BCUT2D eigenvalue weighted by atomic mass is 10.1. The summed E-state index contributed by atoms with van der Waals surface area (Å²) in [5.41, 5.74) is 1.40. The molecule has 2 saturated carbocycles. The number of rotatable bonds is 8. The Morgan fingerprint density at radius 1 is 1.09 bits per heavy atom. The van der Waals surface area contributed by atoms with E-state index in [-0.39, 0.29) is 24.3 Å². The Morgan fingerprint density at radius 2 is 1.78 bits per heavy atom. The second-order valence-corrected chi connectivity index (χ2v) is 6.50. The van der Waals surface area contributed by atoms with E-state index in [4.69, 9.17) is 5.11 Å². The van der Waals surface area contributed by atoms with E-state index in [9.17, 15) is 9.59 Å². The van der Waals surface area contributed by atoms with Crippen LogP contribution in [0, 0.1) is 5.92 Å². The number of aliphatic hydroxyl groups is 1. The van der Waals surface area contributed by atoms with Crippen molar-refractivity contribution < 1.29 is 14.7 Å². The van der Waals surface area contributed by atoms with Crippen LogP contribution in [-0.2, 0) is 4.79 Å². The monoisotopic (exact) mass is 316 g/mol. The smallest absolute Gasteiger partial charge is 0.254 e. The van der Waals surface area contributed by atoms with Crippen LogP contribution < -0.4 is 5.32 Å². The van der Waals surface area contributed by atoms with Crippen molar-refractivity contribution in [2.75, 3.05) is 18.5 Å². The van der Waals surface area contributed by atoms with Gasteiger partial charge in [0.25, 0.3) is 5.91 Å². The number of nitrogens with one attached hydrogen (secondary N) is 1. The largest absolute Gasteiger partial charge is 0.396 e. The summed E-state index contributed by atoms with van der Waals surface area (Å²) in [5, 5.41) is 11.8. The molecule has 2 amide bonds. The zero-order valence-corrected chi connectivity index (χ0v) is 13.3. The highest BCUT2D eigenvalue weighted by Gasteiger charge is 2.32. The van der Waals surface area contributed by atoms with Crippen LogP contribution in [0.4, 0.5) is 5.69 Å². The summed E-state index contributed by atoms with van der Waals surface area (Å²) in [6.45, 7) is 0.867. The standard InChI is InChI=1S/C18H24N2O3/c21-12-2-1-11-20(16-9-10-16)18(23)14-5-7-15(8-6-14)19-17(22)13-3-4-13/h5-8,13,16,21H,1-4,9-12H2,(H,19,22). The fourth-order valence-corrected chi connectivity index (χ4v) is 2.68. The predicted molar refractivity (Wildman–Crippen MR) is 88.2 cm³/mol. The van der Waals surface area contributed by atoms with Crippen molar-refractivity contribution in [3.8, 4) is 0 Å². The lowest BCUT2D eigenvalue weighted by Gasteiger charge is -2.22. The molecule has 2 N–H and O–H groups in total. The topological polar surface area (TPSA) is 69.6 Å². The van der Waals surface area contributed by atoms with Crippen molar-refractivity contribution in [3.63, 3.8) is 0 Å². The van der Waals surface area contributed by atoms with Gasteiger partial charge in [0.05, 0.1) is 0 Å². The van der Waals surface area contributed by atoms with Crippen LogP contribution in [0.15, 0.2) is 24.3 Å². The Kier molecular flexibility index (Phi) is 4.96. The lowest BCUT2D eigenvalue weighted by Crippen LogP contribution is -2.34. The minimum absolute atomic E-state index is 0.0468. The van der Waals surface area contributed by atoms with Crippen LogP contribution in [0.1, 0.15) is 48.9 Å². The Morgan fingerprint density at radius 3 is 2.35 bits per heavy atom. The van der Waals surface area contributed by atoms with Crippen LogP contribution in [0.2, 0.25) is 0 Å². The minimum Gasteiger partial charge on any atom is -0.396 e. The maximum absolute atomic E-state index is 12.6. The third kappa shape index (κ3) is 4.32. The molecule has 1 aromatic rings. The van der Waals surface area contributed by atoms with Crippen molar-refractivity contribution in [2.24, 2.45) is 5.92 Å². The van der Waals surface area contributed by atoms with Gasteiger partial charge in [-0.3, -0.25) is 9.59 Å². The predicted octanol–water partition coefficient (Wildman–Crippen LogP) is 2.41. The summed E-state index contributed by atoms with van der Waals surface area (Å²) in [6.07, 6.45) is 5.65. The molecule has 2 aliphatic rings. The Hall–Kier alpha value is -1.88. The van der Waals surface area contributed by atoms with Crippen molar-refractivity contribution in [1.82, 2.24) is 4.90 Å². The third-order valence-electron chi connectivity index (χ3n) is 4.40. The molecule has 0 bridgehead atoms. The maximum Gasteiger partial charge on any atom is 0.254 e. The van der Waals surface area contributed by atoms with Gasteiger partial charge in [-0.1, -0.05) is 0 Å². The van der Waals surface area contributed by atoms with Gasteiger partial charge in [-0.25, -0.2) is 0 Å². The zero-order valence-electron chi connectivity index (χ0n) is 13.3. The Bertz CT molecular complexity index is 562. The fourth-order valence-electron chi connectivity index (χ4n) is 2.68. The average Bonchev–Trinajstić information content (AvgIpc) is 3.44. The number of amides is 2. The van der Waals surface area contributed by atoms with Crippen molar-refractivity contribution in [3.05, 3.63) is 29.8 Å². The van der Waals surface area contributed by atoms with Gasteiger partial charge in [0, 0.05) is 36.4 Å². The van der Waals surface area contributed by atoms with Gasteiger partial charge < -0.3 is 15.3 Å². The highest BCUT2D eigenvalue weighted by atomic mass is 16.3. The minimum atomic E-state index is 0.0468. The molecule has 2 fully saturated rings. The Balaban J connectivity index is 1.59. The molecule has 23 heavy (non-hydrogen) atoms. The number of benzene rings is 1. The maximum atomic E-state index is 12.6. The number of hydrogen-bond acceptors (Lipinski definition) is 3. The van der Waals surface area contributed by atoms with E-state index in [1.165, 1.54) is 0 Å². The molecule has 2 aliphatic carbocycles. The molecule has 5 nitrogen and oxygen atoms in total. The van der Waals surface area contributed by atoms with E-state index in [0.29, 0.717) is 18.2 Å². The Labute approximate surface area is 136 Å². The first-order chi connectivity index (χ1) is 11.2. The summed E-state index contributed by atoms with van der Waals surface area (Å²) < 4.78 is 0. The second kappa shape index (κ2) is 7.13. The van der Waals surface area contributed by atoms with Gasteiger partial charge in [-0.15, -0.1) is 0 Å². The molecule has 0 unspecified atom stereocenters. The van der Waals surface area contributed by atoms with Crippen LogP contribution in [-0.4, -0.2) is 41.0 Å². The van der Waals surface area contributed by atoms with Gasteiger partial charge >= 0.3 is 0 Å². The van der Waals surface area contributed by atoms with E-state index < -0.39 is 0 Å². The number of carbonyl (C=O) groups is 2. The first-order valence-electron chi connectivity index (χ1n) is 8.52. The van der Waals surface area contributed by atoms with Gasteiger partial charge in [-0.05, 0) is 62.8 Å². The van der Waals surface area contributed by atoms with Crippen molar-refractivity contribution in [2.45, 2.75) is 44.6 Å². The second-order valence-electron chi connectivity index (χ2n) is 6.50. The molecule has 0 radical (unpaired) electrons. The van der Waals surface area contributed by atoms with E-state index in [1.807, 2.05) is 4.90 Å². The molecule has 0 saturated heterocycles. The molecule has 1 aromatic carbocycles. The highest BCUT2D eigenvalue weighted by molar-refractivity contribution is 5.97. The van der Waals surface area contributed by atoms with Crippen LogP contribution in [0.5, 0.6) is 0 Å². The number of hydrogen-bond donors (Lipinski definition) is 2. The summed E-state index contributed by atoms with van der Waals surface area (Å²) in [5.74, 6) is 0.298. The number of anilines is 1. The van der Waals surface area contributed by atoms with E-state index in [0.717, 1.165) is 44.2 Å². The summed E-state index contributed by atoms with van der Waals surface area (Å²) >= 11 is 0. The molecule has 0 atom stereocenters. The summed E-state index contributed by atoms with van der Waals surface area (Å²) in [4.78, 5) is 26.3. The lowest BCUT2D eigenvalue weighted by molar-refractivity contribution is -0.117. The molecule has 0 heterocycles. The van der Waals surface area contributed by atoms with E-state index in [2.05, 4.69) is 5.32 Å². The molecular formula is C18H24N2O3. The van der Waals surface area contributed by atoms with Gasteiger partial charge in [0.1, 0.15) is 0 Å². The highest BCUT2D eigenvalue weighted by Crippen LogP contribution is 2.31. The molecule has 0 aromatic heterocycles. The average molecular weight is 316 g/mol. The first kappa shape index (κ1) is 16.0. The molecule has 124 valence electrons. The fraction of sp³-hybridized carbons (Fsp3) is 0.556. The number of unbranched alkanes of at least 4 members (excludes halogenated alkanes) is 1. The SMILES string of the molecule is O=C(Nc1ccc(C(=O)N(CCCCO)C2CC2)cc1)C1CC1. The molecule has 0 aliphatic heterocycles. The van der Waals surface area contributed by atoms with Gasteiger partial charge in [0.2, 0.25) is 5.91 Å². The van der Waals surface area contributed by atoms with Crippen molar-refractivity contribution in [1.29, 1.82) is 0 Å². The summed E-state index contributed by atoms with van der Waals surface area (Å²) in [7, 11) is 0. The zero-order chi connectivity index (χ0) is 16.2. The summed E-state index contributed by atoms with van der Waals surface area (Å²) in [6, 6.07) is 7.52. The molecule has 0 spiro atoms. The van der Waals surface area contributed by atoms with Crippen molar-refractivity contribution >= 4 is 17.5 Å². The van der Waals surface area contributed by atoms with Crippen LogP contribution >= 0.6 is 0 Å². The van der Waals surface area contributed by atoms with Gasteiger partial charge in [-0.2, -0.15) is 0 Å². The molecule has 5 heteroatoms. The molecule has 3 rings (SSSR count). The third-order valence-corrected chi connectivity index (χ3v) is 4.40. The van der Waals surface area contributed by atoms with Gasteiger partial charge in [0.15, 0.2) is 0 Å². The number of nitrogens with zero attached hydrogens (tertiary/aromatic N) is 1. The molecular weight excluding hydrogens is 292 g/mol. The first-order valence-corrected chi connectivity index (χ1v) is 8.52. The van der Waals surface area contributed by atoms with E-state index >= 15 is 0 Å². The number of aliphatic hydroxyl groups excluding tert-OH is 1. The van der Waals surface area contributed by atoms with Crippen LogP contribution in [0.3, 0.4) is 0 Å². The quantitative estimate of drug-likeness (QED) is 0.724.